The van der Waals surface area contributed by atoms with E-state index in [1.54, 1.807) is 38.5 Å². The fraction of sp³-hybridized carbons (Fsp3) is 0.423. The maximum Gasteiger partial charge on any atom is 0.250 e. The van der Waals surface area contributed by atoms with Crippen LogP contribution in [0, 0.1) is 17.8 Å². The number of carbonyl (C=O) groups is 3. The molecule has 8 nitrogen and oxygen atoms in total. The molecule has 3 aliphatic rings. The van der Waals surface area contributed by atoms with E-state index in [0.717, 1.165) is 5.56 Å². The number of nitrogens with zero attached hydrogens (tertiary/aromatic N) is 1. The van der Waals surface area contributed by atoms with E-state index in [4.69, 9.17) is 21.1 Å². The molecule has 9 heteroatoms. The molecule has 2 saturated heterocycles. The highest BCUT2D eigenvalue weighted by molar-refractivity contribution is 6.35. The Hall–Kier alpha value is -3.10. The summed E-state index contributed by atoms with van der Waals surface area (Å²) in [6, 6.07) is 10.5. The van der Waals surface area contributed by atoms with Gasteiger partial charge in [-0.15, -0.1) is 0 Å². The van der Waals surface area contributed by atoms with E-state index in [-0.39, 0.29) is 36.2 Å². The molecule has 4 atom stereocenters. The van der Waals surface area contributed by atoms with Crippen molar-refractivity contribution in [1.29, 1.82) is 0 Å². The molecule has 2 N–H and O–H groups in total. The molecule has 5 rings (SSSR count). The number of rotatable bonds is 6. The van der Waals surface area contributed by atoms with Crippen molar-refractivity contribution in [2.45, 2.75) is 31.8 Å². The Morgan fingerprint density at radius 1 is 1.06 bits per heavy atom. The molecule has 35 heavy (non-hydrogen) atoms. The second-order valence-electron chi connectivity index (χ2n) is 9.61. The summed E-state index contributed by atoms with van der Waals surface area (Å²) in [4.78, 5) is 42.2. The SMILES string of the molecule is COc1ccc(CCN2C(=O)C3C(C(C)C)NC4(C(=O)Nc5c(Cl)cccc54)C3C2=O)cc1OC. The predicted octanol–water partition coefficient (Wildman–Crippen LogP) is 2.98. The molecule has 184 valence electrons. The smallest absolute Gasteiger partial charge is 0.250 e. The number of likely N-dealkylation sites (tertiary alicyclic amines) is 1. The zero-order chi connectivity index (χ0) is 25.1. The normalized spacial score (nSPS) is 27.0. The molecular formula is C26H28ClN3O5. The molecule has 3 amide bonds. The zero-order valence-corrected chi connectivity index (χ0v) is 20.8. The predicted molar refractivity (Wildman–Crippen MR) is 130 cm³/mol. The number of hydrogen-bond donors (Lipinski definition) is 2. The van der Waals surface area contributed by atoms with E-state index in [9.17, 15) is 14.4 Å². The second-order valence-corrected chi connectivity index (χ2v) is 10.0. The van der Waals surface area contributed by atoms with Crippen LogP contribution < -0.4 is 20.1 Å². The highest BCUT2D eigenvalue weighted by Crippen LogP contribution is 2.55. The van der Waals surface area contributed by atoms with Crippen LogP contribution in [0.4, 0.5) is 5.69 Å². The second kappa shape index (κ2) is 8.53. The first kappa shape index (κ1) is 23.6. The third kappa shape index (κ3) is 3.34. The van der Waals surface area contributed by atoms with Crippen molar-refractivity contribution in [3.8, 4) is 11.5 Å². The van der Waals surface area contributed by atoms with Crippen LogP contribution in [0.1, 0.15) is 25.0 Å². The fourth-order valence-corrected chi connectivity index (χ4v) is 6.08. The van der Waals surface area contributed by atoms with Crippen LogP contribution in [-0.4, -0.2) is 49.4 Å². The first-order valence-corrected chi connectivity index (χ1v) is 12.1. The van der Waals surface area contributed by atoms with Gasteiger partial charge in [0.15, 0.2) is 11.5 Å². The summed E-state index contributed by atoms with van der Waals surface area (Å²) in [5, 5.41) is 6.68. The zero-order valence-electron chi connectivity index (χ0n) is 20.1. The number of ether oxygens (including phenoxy) is 2. The van der Waals surface area contributed by atoms with Crippen molar-refractivity contribution in [2.24, 2.45) is 17.8 Å². The lowest BCUT2D eigenvalue weighted by Crippen LogP contribution is -2.54. The van der Waals surface area contributed by atoms with Gasteiger partial charge in [0.2, 0.25) is 17.7 Å². The van der Waals surface area contributed by atoms with Gasteiger partial charge in [0.1, 0.15) is 5.54 Å². The van der Waals surface area contributed by atoms with E-state index in [1.807, 2.05) is 26.0 Å². The molecule has 3 heterocycles. The summed E-state index contributed by atoms with van der Waals surface area (Å²) in [7, 11) is 3.13. The average molecular weight is 498 g/mol. The maximum atomic E-state index is 13.8. The minimum absolute atomic E-state index is 0.0282. The molecule has 0 aliphatic carbocycles. The number of methoxy groups -OCH3 is 2. The number of para-hydroxylation sites is 1. The molecule has 2 aromatic carbocycles. The number of amides is 3. The van der Waals surface area contributed by atoms with Gasteiger partial charge in [0.25, 0.3) is 0 Å². The minimum Gasteiger partial charge on any atom is -0.493 e. The number of halogens is 1. The minimum atomic E-state index is -1.33. The summed E-state index contributed by atoms with van der Waals surface area (Å²) in [6.07, 6.45) is 0.457. The third-order valence-electron chi connectivity index (χ3n) is 7.52. The van der Waals surface area contributed by atoms with Crippen LogP contribution in [0.25, 0.3) is 0 Å². The van der Waals surface area contributed by atoms with Crippen LogP contribution in [0.5, 0.6) is 11.5 Å². The molecule has 1 spiro atoms. The molecule has 3 aliphatic heterocycles. The molecule has 0 radical (unpaired) electrons. The van der Waals surface area contributed by atoms with Gasteiger partial charge in [-0.25, -0.2) is 0 Å². The Balaban J connectivity index is 1.49. The number of hydrogen-bond acceptors (Lipinski definition) is 6. The Labute approximate surface area is 208 Å². The Morgan fingerprint density at radius 2 is 1.80 bits per heavy atom. The molecule has 2 fully saturated rings. The molecule has 4 unspecified atom stereocenters. The highest BCUT2D eigenvalue weighted by Gasteiger charge is 2.70. The molecule has 2 aromatic rings. The van der Waals surface area contributed by atoms with Crippen LogP contribution in [0.15, 0.2) is 36.4 Å². The summed E-state index contributed by atoms with van der Waals surface area (Å²) in [6.45, 7) is 4.19. The Morgan fingerprint density at radius 3 is 2.49 bits per heavy atom. The van der Waals surface area contributed by atoms with E-state index in [1.165, 1.54) is 4.90 Å². The average Bonchev–Trinajstić information content (AvgIpc) is 3.43. The largest absolute Gasteiger partial charge is 0.493 e. The molecule has 0 bridgehead atoms. The monoisotopic (exact) mass is 497 g/mol. The van der Waals surface area contributed by atoms with Gasteiger partial charge in [0.05, 0.1) is 36.8 Å². The number of benzene rings is 2. The van der Waals surface area contributed by atoms with Gasteiger partial charge in [0, 0.05) is 18.2 Å². The van der Waals surface area contributed by atoms with E-state index >= 15 is 0 Å². The summed E-state index contributed by atoms with van der Waals surface area (Å²) in [5.74, 6) is -1.18. The van der Waals surface area contributed by atoms with Crippen molar-refractivity contribution in [1.82, 2.24) is 10.2 Å². The van der Waals surface area contributed by atoms with Crippen molar-refractivity contribution in [2.75, 3.05) is 26.1 Å². The van der Waals surface area contributed by atoms with Crippen LogP contribution in [0.2, 0.25) is 5.02 Å². The van der Waals surface area contributed by atoms with E-state index in [0.29, 0.717) is 34.2 Å². The van der Waals surface area contributed by atoms with E-state index < -0.39 is 17.4 Å². The van der Waals surface area contributed by atoms with Crippen molar-refractivity contribution in [3.05, 3.63) is 52.5 Å². The van der Waals surface area contributed by atoms with Crippen molar-refractivity contribution in [3.63, 3.8) is 0 Å². The third-order valence-corrected chi connectivity index (χ3v) is 7.83. The summed E-state index contributed by atoms with van der Waals surface area (Å²) >= 11 is 6.37. The first-order chi connectivity index (χ1) is 16.7. The Bertz CT molecular complexity index is 1230. The van der Waals surface area contributed by atoms with Crippen molar-refractivity contribution < 1.29 is 23.9 Å². The quantitative estimate of drug-likeness (QED) is 0.596. The molecular weight excluding hydrogens is 470 g/mol. The molecule has 0 saturated carbocycles. The topological polar surface area (TPSA) is 97.0 Å². The van der Waals surface area contributed by atoms with Gasteiger partial charge >= 0.3 is 0 Å². The van der Waals surface area contributed by atoms with Crippen LogP contribution in [0.3, 0.4) is 0 Å². The fourth-order valence-electron chi connectivity index (χ4n) is 5.86. The number of nitrogens with one attached hydrogen (secondary N) is 2. The summed E-state index contributed by atoms with van der Waals surface area (Å²) in [5.41, 5.74) is 0.698. The number of fused-ring (bicyclic) bond motifs is 4. The van der Waals surface area contributed by atoms with Gasteiger partial charge in [-0.05, 0) is 36.1 Å². The van der Waals surface area contributed by atoms with E-state index in [2.05, 4.69) is 10.6 Å². The lowest BCUT2D eigenvalue weighted by atomic mass is 9.76. The lowest BCUT2D eigenvalue weighted by Gasteiger charge is -2.30. The first-order valence-electron chi connectivity index (χ1n) is 11.7. The number of anilines is 1. The maximum absolute atomic E-state index is 13.8. The van der Waals surface area contributed by atoms with Crippen LogP contribution >= 0.6 is 11.6 Å². The standard InChI is InChI=1S/C26H28ClN3O5/c1-13(2)21-19-20(26(29-21)15-6-5-7-16(27)22(15)28-25(26)33)24(32)30(23(19)31)11-10-14-8-9-17(34-3)18(12-14)35-4/h5-9,12-13,19-21,29H,10-11H2,1-4H3,(H,28,33). The lowest BCUT2D eigenvalue weighted by molar-refractivity contribution is -0.142. The number of carbonyl (C=O) groups excluding carboxylic acids is 3. The van der Waals surface area contributed by atoms with Crippen LogP contribution in [-0.2, 0) is 26.3 Å². The van der Waals surface area contributed by atoms with Gasteiger partial charge in [-0.1, -0.05) is 43.6 Å². The molecule has 0 aromatic heterocycles. The van der Waals surface area contributed by atoms with Gasteiger partial charge < -0.3 is 14.8 Å². The highest BCUT2D eigenvalue weighted by atomic mass is 35.5. The Kier molecular flexibility index (Phi) is 5.76. The van der Waals surface area contributed by atoms with Gasteiger partial charge in [-0.2, -0.15) is 0 Å². The van der Waals surface area contributed by atoms with Gasteiger partial charge in [-0.3, -0.25) is 24.6 Å². The number of imide groups is 1. The summed E-state index contributed by atoms with van der Waals surface area (Å²) < 4.78 is 10.7. The van der Waals surface area contributed by atoms with Crippen molar-refractivity contribution >= 4 is 35.0 Å².